The number of rotatable bonds is 2. The Morgan fingerprint density at radius 3 is 0.965 bits per heavy atom. The molecule has 12 aromatic carbocycles. The fourth-order valence-corrected chi connectivity index (χ4v) is 13.4. The molecular weight excluding hydrogens is 1060 g/mol. The van der Waals surface area contributed by atoms with Crippen molar-refractivity contribution in [2.45, 2.75) is 124 Å². The minimum Gasteiger partial charge on any atom is -0.456 e. The molecule has 0 spiro atoms. The molecule has 0 saturated carbocycles. The monoisotopic (exact) mass is 1130 g/mol. The second-order valence-electron chi connectivity index (χ2n) is 27.0. The van der Waals surface area contributed by atoms with Crippen LogP contribution in [0.4, 0.5) is 0 Å². The van der Waals surface area contributed by atoms with Crippen LogP contribution in [0.2, 0.25) is 0 Å². The summed E-state index contributed by atoms with van der Waals surface area (Å²) in [5, 5.41) is 24.7. The van der Waals surface area contributed by atoms with Crippen LogP contribution < -0.4 is 5.46 Å². The lowest BCUT2D eigenvalue weighted by Crippen LogP contribution is -2.41. The first-order chi connectivity index (χ1) is 41.0. The van der Waals surface area contributed by atoms with Gasteiger partial charge in [0.1, 0.15) is 22.3 Å². The highest BCUT2D eigenvalue weighted by atomic mass is 16.7. The van der Waals surface area contributed by atoms with E-state index < -0.39 is 32.3 Å². The lowest BCUT2D eigenvalue weighted by molar-refractivity contribution is 0.00578. The molecule has 8 nitrogen and oxygen atoms in total. The van der Waals surface area contributed by atoms with Crippen molar-refractivity contribution in [3.63, 3.8) is 0 Å². The van der Waals surface area contributed by atoms with E-state index in [1.54, 1.807) is 0 Å². The molecule has 11 heteroatoms. The van der Waals surface area contributed by atoms with Crippen molar-refractivity contribution in [1.82, 2.24) is 0 Å². The van der Waals surface area contributed by atoms with Gasteiger partial charge in [-0.1, -0.05) is 146 Å². The summed E-state index contributed by atoms with van der Waals surface area (Å²) >= 11 is 0. The largest absolute Gasteiger partial charge is 0.495 e. The van der Waals surface area contributed by atoms with Crippen LogP contribution in [0.3, 0.4) is 0 Å². The molecule has 86 heavy (non-hydrogen) atoms. The second-order valence-corrected chi connectivity index (χ2v) is 27.0. The Morgan fingerprint density at radius 1 is 0.244 bits per heavy atom. The van der Waals surface area contributed by atoms with Crippen LogP contribution in [0, 0.1) is 6.92 Å². The van der Waals surface area contributed by atoms with Crippen LogP contribution >= 0.6 is 0 Å². The summed E-state index contributed by atoms with van der Waals surface area (Å²) in [4.78, 5) is 0. The number of benzene rings is 12. The molecular formula is C75H69B3O8. The topological polar surface area (TPSA) is 81.7 Å². The van der Waals surface area contributed by atoms with E-state index >= 15 is 0 Å². The van der Waals surface area contributed by atoms with Crippen molar-refractivity contribution in [1.29, 1.82) is 0 Å². The van der Waals surface area contributed by atoms with Crippen LogP contribution in [-0.4, -0.2) is 54.7 Å². The standard InChI is InChI=1S/C34H27BO3.C29H18O.C12H24B2O4/c1-33(2)34(3,4)38-35(37-33)29-18-27-21-12-6-5-11-20(21)25-17-26-23-14-9-10-16-30(23)36-31(26)19-28(25)32(27)24-15-8-7-13-22(24)29;1-17-14-25-20-10-4-3-9-19(20)23-15-24-21-11-6-7-13-27(21)30-28(24)16-26(23)29(25)22-12-5-2-8-18(17)22;1-9(2)10(3,4)16-13(15-9)14-17-11(5,6)12(7,8)18-14/h5-19H,1-4H3;2-16H,1H3;1-8H3. The predicted octanol–water partition coefficient (Wildman–Crippen LogP) is 19.3. The third-order valence-corrected chi connectivity index (χ3v) is 20.2. The van der Waals surface area contributed by atoms with Gasteiger partial charge in [-0.2, -0.15) is 0 Å². The zero-order valence-corrected chi connectivity index (χ0v) is 51.3. The SMILES string of the molecule is CC1(C)OB(B2OC(C)(C)C(C)(C)O2)OC1(C)C.CC1(C)OB(c2cc3c4ccccc4c4cc5c(cc4c3c3ccccc23)oc2ccccc25)OC1(C)C.Cc1cc2c3ccccc3c3cc4c(cc3c2c2ccccc12)oc1ccccc14. The van der Waals surface area contributed by atoms with Gasteiger partial charge in [0, 0.05) is 21.5 Å². The minimum atomic E-state index is -0.476. The average molecular weight is 1130 g/mol. The fraction of sp³-hybridized carbons (Fsp3) is 0.253. The van der Waals surface area contributed by atoms with Gasteiger partial charge in [-0.3, -0.25) is 0 Å². The van der Waals surface area contributed by atoms with Gasteiger partial charge in [-0.15, -0.1) is 0 Å². The Kier molecular flexibility index (Phi) is 12.2. The first kappa shape index (κ1) is 54.9. The lowest BCUT2D eigenvalue weighted by Gasteiger charge is -2.32. The third-order valence-electron chi connectivity index (χ3n) is 20.2. The number of aryl methyl sites for hydroxylation is 1. The van der Waals surface area contributed by atoms with Crippen LogP contribution in [0.15, 0.2) is 191 Å². The summed E-state index contributed by atoms with van der Waals surface area (Å²) in [7, 11) is -1.39. The third kappa shape index (κ3) is 8.37. The lowest BCUT2D eigenvalue weighted by atomic mass is 9.49. The van der Waals surface area contributed by atoms with Crippen LogP contribution in [0.5, 0.6) is 0 Å². The smallest absolute Gasteiger partial charge is 0.456 e. The summed E-state index contributed by atoms with van der Waals surface area (Å²) in [6.07, 6.45) is 0. The molecule has 426 valence electrons. The second kappa shape index (κ2) is 19.1. The molecule has 3 saturated heterocycles. The minimum absolute atomic E-state index is 0.360. The van der Waals surface area contributed by atoms with E-state index in [1.807, 2.05) is 73.6 Å². The maximum Gasteiger partial charge on any atom is 0.495 e. The van der Waals surface area contributed by atoms with Gasteiger partial charge in [0.05, 0.1) is 33.6 Å². The van der Waals surface area contributed by atoms with Crippen molar-refractivity contribution in [2.24, 2.45) is 0 Å². The molecule has 0 unspecified atom stereocenters. The molecule has 2 aromatic heterocycles. The molecule has 5 heterocycles. The molecule has 0 amide bonds. The van der Waals surface area contributed by atoms with Crippen molar-refractivity contribution >= 4 is 157 Å². The number of furan rings is 2. The molecule has 0 atom stereocenters. The van der Waals surface area contributed by atoms with E-state index in [-0.39, 0.29) is 22.4 Å². The van der Waals surface area contributed by atoms with E-state index in [1.165, 1.54) is 97.1 Å². The maximum atomic E-state index is 6.56. The Labute approximate surface area is 502 Å². The molecule has 17 rings (SSSR count). The normalized spacial score (nSPS) is 18.5. The van der Waals surface area contributed by atoms with Crippen LogP contribution in [0.25, 0.3) is 130 Å². The first-order valence-electron chi connectivity index (χ1n) is 30.3. The Hall–Kier alpha value is -7.73. The van der Waals surface area contributed by atoms with Crippen LogP contribution in [0.1, 0.15) is 88.6 Å². The quantitative estimate of drug-likeness (QED) is 0.125. The van der Waals surface area contributed by atoms with Crippen molar-refractivity contribution in [3.05, 3.63) is 188 Å². The van der Waals surface area contributed by atoms with E-state index in [0.717, 1.165) is 44.0 Å². The highest BCUT2D eigenvalue weighted by Crippen LogP contribution is 2.47. The highest BCUT2D eigenvalue weighted by Gasteiger charge is 2.64. The Balaban J connectivity index is 0.000000116. The highest BCUT2D eigenvalue weighted by molar-refractivity contribution is 7.11. The number of fused-ring (bicyclic) bond motifs is 22. The van der Waals surface area contributed by atoms with E-state index in [9.17, 15) is 0 Å². The molecule has 3 aliphatic rings. The molecule has 0 aliphatic carbocycles. The van der Waals surface area contributed by atoms with Gasteiger partial charge in [-0.25, -0.2) is 0 Å². The molecule has 0 N–H and O–H groups in total. The zero-order valence-electron chi connectivity index (χ0n) is 51.3. The van der Waals surface area contributed by atoms with Gasteiger partial charge in [0.15, 0.2) is 0 Å². The summed E-state index contributed by atoms with van der Waals surface area (Å²) in [6, 6.07) is 65.3. The number of para-hydroxylation sites is 2. The van der Waals surface area contributed by atoms with Gasteiger partial charge < -0.3 is 36.8 Å². The van der Waals surface area contributed by atoms with Gasteiger partial charge in [0.25, 0.3) is 0 Å². The van der Waals surface area contributed by atoms with Gasteiger partial charge in [0.2, 0.25) is 0 Å². The number of hydrogen-bond donors (Lipinski definition) is 0. The summed E-state index contributed by atoms with van der Waals surface area (Å²) in [6.45, 7) is 26.9. The van der Waals surface area contributed by atoms with E-state index in [2.05, 4.69) is 198 Å². The summed E-state index contributed by atoms with van der Waals surface area (Å²) in [5.41, 5.74) is 3.84. The molecule has 3 aliphatic heterocycles. The molecule has 3 fully saturated rings. The first-order valence-corrected chi connectivity index (χ1v) is 30.3. The number of hydrogen-bond acceptors (Lipinski definition) is 8. The predicted molar refractivity (Wildman–Crippen MR) is 360 cm³/mol. The average Bonchev–Trinajstić information content (AvgIpc) is 0.981. The van der Waals surface area contributed by atoms with Crippen molar-refractivity contribution in [2.75, 3.05) is 0 Å². The van der Waals surface area contributed by atoms with E-state index in [0.29, 0.717) is 0 Å². The Morgan fingerprint density at radius 2 is 0.547 bits per heavy atom. The molecule has 14 aromatic rings. The molecule has 0 bridgehead atoms. The summed E-state index contributed by atoms with van der Waals surface area (Å²) < 4.78 is 49.6. The van der Waals surface area contributed by atoms with Crippen LogP contribution in [-0.2, 0) is 27.9 Å². The van der Waals surface area contributed by atoms with Gasteiger partial charge >= 0.3 is 21.1 Å². The summed E-state index contributed by atoms with van der Waals surface area (Å²) in [5.74, 6) is 0. The van der Waals surface area contributed by atoms with Crippen molar-refractivity contribution in [3.8, 4) is 0 Å². The Bertz CT molecular complexity index is 5070. The molecule has 0 radical (unpaired) electrons. The van der Waals surface area contributed by atoms with E-state index in [4.69, 9.17) is 36.8 Å². The maximum absolute atomic E-state index is 6.56. The zero-order chi connectivity index (χ0) is 59.6. The van der Waals surface area contributed by atoms with Gasteiger partial charge in [-0.05, 0) is 224 Å². The van der Waals surface area contributed by atoms with Crippen molar-refractivity contribution < 1.29 is 36.8 Å². The fourth-order valence-electron chi connectivity index (χ4n) is 13.4.